The van der Waals surface area contributed by atoms with E-state index in [9.17, 15) is 0 Å². The molecule has 4 aliphatic rings. The topological polar surface area (TPSA) is 0 Å². The summed E-state index contributed by atoms with van der Waals surface area (Å²) in [7, 11) is 8.99. The van der Waals surface area contributed by atoms with Crippen LogP contribution in [0.2, 0.25) is 24.2 Å². The molecular weight excluding hydrogens is 519 g/mol. The maximum atomic E-state index is 4.93. The van der Waals surface area contributed by atoms with Gasteiger partial charge < -0.3 is 14.9 Å². The summed E-state index contributed by atoms with van der Waals surface area (Å²) >= 11 is -0.826. The van der Waals surface area contributed by atoms with Gasteiger partial charge in [0.25, 0.3) is 0 Å². The monoisotopic (exact) mass is 566 g/mol. The van der Waals surface area contributed by atoms with E-state index >= 15 is 0 Å². The minimum atomic E-state index is -0.826. The molecule has 4 fully saturated rings. The zero-order chi connectivity index (χ0) is 20.1. The second kappa shape index (κ2) is 15.0. The average Bonchev–Trinajstić information content (AvgIpc) is 3.42. The van der Waals surface area contributed by atoms with Crippen molar-refractivity contribution in [2.45, 2.75) is 115 Å². The van der Waals surface area contributed by atoms with Crippen LogP contribution in [0.15, 0.2) is 0 Å². The standard InChI is InChI=1S/C23H44Si2.2CH3.2ClH.Zr/c1-4-5-7-17-10-12-21(14-17)24(2)25(3)23-13-11-20-15-18-8-6-9-19(18)16-22(20)23;;;;;/h17-25H,4-16H2,1-3H3;2*1H3;2*1H;/q;2*-1;;;+4/p-2. The molecule has 0 spiro atoms. The molecule has 30 heavy (non-hydrogen) atoms. The molecule has 0 heterocycles. The molecule has 0 aromatic heterocycles. The van der Waals surface area contributed by atoms with Crippen molar-refractivity contribution in [1.29, 1.82) is 0 Å². The van der Waals surface area contributed by atoms with Crippen molar-refractivity contribution in [3.05, 3.63) is 14.9 Å². The van der Waals surface area contributed by atoms with Crippen LogP contribution in [0.25, 0.3) is 0 Å². The first-order valence-corrected chi connectivity index (χ1v) is 25.2. The Morgan fingerprint density at radius 2 is 1.47 bits per heavy atom. The molecule has 0 N–H and O–H groups in total. The molecule has 0 aliphatic heterocycles. The Bertz CT molecular complexity index is 466. The first-order chi connectivity index (χ1) is 13.6. The van der Waals surface area contributed by atoms with Crippen LogP contribution in [0.4, 0.5) is 0 Å². The van der Waals surface area contributed by atoms with Gasteiger partial charge in [-0.3, -0.25) is 0 Å². The molecule has 9 unspecified atom stereocenters. The quantitative estimate of drug-likeness (QED) is 0.221. The second-order valence-electron chi connectivity index (χ2n) is 11.0. The van der Waals surface area contributed by atoms with E-state index in [1.807, 2.05) is 0 Å². The molecule has 4 rings (SSSR count). The first kappa shape index (κ1) is 29.9. The second-order valence-corrected chi connectivity index (χ2v) is 26.2. The van der Waals surface area contributed by atoms with Crippen LogP contribution in [0.1, 0.15) is 90.4 Å². The van der Waals surface area contributed by atoms with E-state index in [0.717, 1.165) is 5.92 Å². The molecule has 0 saturated heterocycles. The summed E-state index contributed by atoms with van der Waals surface area (Å²) in [6, 6.07) is 0. The van der Waals surface area contributed by atoms with Gasteiger partial charge in [-0.05, 0) is 48.0 Å². The maximum absolute atomic E-state index is 4.93. The fourth-order valence-electron chi connectivity index (χ4n) is 8.14. The molecule has 0 radical (unpaired) electrons. The van der Waals surface area contributed by atoms with Crippen molar-refractivity contribution in [2.75, 3.05) is 0 Å². The van der Waals surface area contributed by atoms with Crippen LogP contribution in [0.3, 0.4) is 0 Å². The Morgan fingerprint density at radius 1 is 0.800 bits per heavy atom. The Hall–Kier alpha value is 1.90. The van der Waals surface area contributed by atoms with Crippen LogP contribution in [0.5, 0.6) is 0 Å². The van der Waals surface area contributed by atoms with E-state index in [-0.39, 0.29) is 14.9 Å². The van der Waals surface area contributed by atoms with Crippen LogP contribution in [0, 0.1) is 44.4 Å². The Labute approximate surface area is 212 Å². The molecule has 0 bridgehead atoms. The SMILES string of the molecule is CCCCC1CCC([SiH](C)[SiH](C)C2CCC3CC4CCCC4CC32)C1.[CH3-].[CH3-].[Cl][Zr+2][Cl]. The predicted octanol–water partition coefficient (Wildman–Crippen LogP) is 9.02. The van der Waals surface area contributed by atoms with Gasteiger partial charge in [0.1, 0.15) is 0 Å². The van der Waals surface area contributed by atoms with E-state index in [0.29, 0.717) is 0 Å². The van der Waals surface area contributed by atoms with Crippen LogP contribution in [-0.4, -0.2) is 16.6 Å². The molecule has 9 atom stereocenters. The predicted molar refractivity (Wildman–Crippen MR) is 141 cm³/mol. The van der Waals surface area contributed by atoms with Gasteiger partial charge in [0.15, 0.2) is 0 Å². The molecule has 176 valence electrons. The van der Waals surface area contributed by atoms with Gasteiger partial charge in [-0.25, -0.2) is 0 Å². The van der Waals surface area contributed by atoms with E-state index in [1.165, 1.54) is 47.6 Å². The summed E-state index contributed by atoms with van der Waals surface area (Å²) in [4.78, 5) is 0. The van der Waals surface area contributed by atoms with Gasteiger partial charge in [-0.2, -0.15) is 0 Å². The average molecular weight is 569 g/mol. The Morgan fingerprint density at radius 3 is 2.13 bits per heavy atom. The number of fused-ring (bicyclic) bond motifs is 2. The summed E-state index contributed by atoms with van der Waals surface area (Å²) in [6.07, 6.45) is 20.8. The molecule has 4 saturated carbocycles. The third-order valence-electron chi connectivity index (χ3n) is 9.82. The molecule has 4 aliphatic carbocycles. The number of unbranched alkanes of at least 4 members (excludes halogenated alkanes) is 1. The summed E-state index contributed by atoms with van der Waals surface area (Å²) in [5.74, 6) is 5.87. The number of rotatable bonds is 6. The van der Waals surface area contributed by atoms with Gasteiger partial charge in [0, 0.05) is 16.6 Å². The zero-order valence-corrected chi connectivity index (χ0v) is 26.9. The molecular formula is C25H50Cl2Si2Zr. The van der Waals surface area contributed by atoms with Crippen LogP contribution >= 0.6 is 17.0 Å². The third-order valence-corrected chi connectivity index (χ3v) is 23.8. The van der Waals surface area contributed by atoms with Crippen molar-refractivity contribution in [3.8, 4) is 0 Å². The molecule has 0 amide bonds. The molecule has 0 aromatic carbocycles. The Kier molecular flexibility index (Phi) is 15.0. The van der Waals surface area contributed by atoms with E-state index in [1.54, 1.807) is 70.6 Å². The number of hydrogen-bond acceptors (Lipinski definition) is 0. The number of hydrogen-bond donors (Lipinski definition) is 0. The number of halogens is 2. The van der Waals surface area contributed by atoms with Crippen molar-refractivity contribution in [1.82, 2.24) is 0 Å². The van der Waals surface area contributed by atoms with Gasteiger partial charge >= 0.3 is 37.9 Å². The fraction of sp³-hybridized carbons (Fsp3) is 0.920. The summed E-state index contributed by atoms with van der Waals surface area (Å²) < 4.78 is 0. The van der Waals surface area contributed by atoms with E-state index < -0.39 is 37.5 Å². The van der Waals surface area contributed by atoms with Gasteiger partial charge in [0.05, 0.1) is 0 Å². The summed E-state index contributed by atoms with van der Waals surface area (Å²) in [5, 5.41) is 0. The minimum absolute atomic E-state index is 0. The van der Waals surface area contributed by atoms with Crippen molar-refractivity contribution < 1.29 is 20.8 Å². The van der Waals surface area contributed by atoms with Crippen molar-refractivity contribution >= 4 is 33.7 Å². The summed E-state index contributed by atoms with van der Waals surface area (Å²) in [5.41, 5.74) is 2.54. The molecule has 0 aromatic rings. The van der Waals surface area contributed by atoms with E-state index in [2.05, 4.69) is 20.0 Å². The first-order valence-electron chi connectivity index (χ1n) is 12.5. The fourth-order valence-corrected chi connectivity index (χ4v) is 20.7. The third kappa shape index (κ3) is 7.45. The normalized spacial score (nSPS) is 38.6. The van der Waals surface area contributed by atoms with Gasteiger partial charge in [0.2, 0.25) is 0 Å². The zero-order valence-electron chi connectivity index (χ0n) is 20.6. The molecule has 0 nitrogen and oxygen atoms in total. The summed E-state index contributed by atoms with van der Waals surface area (Å²) in [6.45, 7) is 8.08. The van der Waals surface area contributed by atoms with Gasteiger partial charge in [-0.15, -0.1) is 0 Å². The van der Waals surface area contributed by atoms with Crippen LogP contribution in [-0.2, 0) is 20.8 Å². The Balaban J connectivity index is 0.000000851. The van der Waals surface area contributed by atoms with Crippen molar-refractivity contribution in [2.24, 2.45) is 29.6 Å². The van der Waals surface area contributed by atoms with Crippen LogP contribution < -0.4 is 0 Å². The van der Waals surface area contributed by atoms with E-state index in [4.69, 9.17) is 17.0 Å². The van der Waals surface area contributed by atoms with Gasteiger partial charge in [-0.1, -0.05) is 96.2 Å². The van der Waals surface area contributed by atoms with Crippen molar-refractivity contribution in [3.63, 3.8) is 0 Å². The molecule has 5 heteroatoms.